The van der Waals surface area contributed by atoms with E-state index in [0.717, 1.165) is 24.3 Å². The molecule has 4 rings (SSSR count). The molecule has 7 nitrogen and oxygen atoms in total. The summed E-state index contributed by atoms with van der Waals surface area (Å²) in [7, 11) is 2.02. The minimum atomic E-state index is -1.25. The van der Waals surface area contributed by atoms with E-state index in [-0.39, 0.29) is 5.69 Å². The SMILES string of the molecule is CN1CCC(F)(c2ccc(-n3cnc(Nc4cnc(C#N)cn4)c3)cc2)CC1. The van der Waals surface area contributed by atoms with Gasteiger partial charge in [-0.15, -0.1) is 0 Å². The third-order valence-electron chi connectivity index (χ3n) is 5.07. The fraction of sp³-hybridized carbons (Fsp3) is 0.300. The van der Waals surface area contributed by atoms with Crippen molar-refractivity contribution in [3.05, 3.63) is 60.4 Å². The Labute approximate surface area is 162 Å². The fourth-order valence-electron chi connectivity index (χ4n) is 3.30. The molecule has 1 aromatic carbocycles. The van der Waals surface area contributed by atoms with E-state index in [1.807, 2.05) is 48.1 Å². The van der Waals surface area contributed by atoms with Gasteiger partial charge in [-0.2, -0.15) is 5.26 Å². The van der Waals surface area contributed by atoms with Gasteiger partial charge in [-0.3, -0.25) is 0 Å². The van der Waals surface area contributed by atoms with Crippen LogP contribution in [0.4, 0.5) is 16.0 Å². The predicted molar refractivity (Wildman–Crippen MR) is 103 cm³/mol. The van der Waals surface area contributed by atoms with Crippen molar-refractivity contribution in [1.82, 2.24) is 24.4 Å². The van der Waals surface area contributed by atoms with Gasteiger partial charge < -0.3 is 14.8 Å². The quantitative estimate of drug-likeness (QED) is 0.752. The minimum absolute atomic E-state index is 0.256. The zero-order chi connectivity index (χ0) is 19.6. The molecular formula is C20H20FN7. The first-order valence-corrected chi connectivity index (χ1v) is 9.07. The number of imidazole rings is 1. The van der Waals surface area contributed by atoms with E-state index in [1.54, 1.807) is 6.33 Å². The zero-order valence-electron chi connectivity index (χ0n) is 15.5. The largest absolute Gasteiger partial charge is 0.322 e. The van der Waals surface area contributed by atoms with Gasteiger partial charge in [0, 0.05) is 18.8 Å². The number of rotatable bonds is 4. The molecule has 0 spiro atoms. The average molecular weight is 377 g/mol. The molecule has 0 radical (unpaired) electrons. The average Bonchev–Trinajstić information content (AvgIpc) is 3.19. The van der Waals surface area contributed by atoms with Crippen LogP contribution in [0.15, 0.2) is 49.2 Å². The van der Waals surface area contributed by atoms with E-state index in [2.05, 4.69) is 25.2 Å². The Bertz CT molecular complexity index is 981. The summed E-state index contributed by atoms with van der Waals surface area (Å²) in [6.07, 6.45) is 7.41. The highest BCUT2D eigenvalue weighted by molar-refractivity contribution is 5.51. The van der Waals surface area contributed by atoms with Gasteiger partial charge in [-0.05, 0) is 37.6 Å². The van der Waals surface area contributed by atoms with Crippen molar-refractivity contribution in [2.75, 3.05) is 25.5 Å². The van der Waals surface area contributed by atoms with Gasteiger partial charge in [0.25, 0.3) is 0 Å². The first-order valence-electron chi connectivity index (χ1n) is 9.07. The number of nitrogens with zero attached hydrogens (tertiary/aromatic N) is 6. The minimum Gasteiger partial charge on any atom is -0.322 e. The number of hydrogen-bond acceptors (Lipinski definition) is 6. The molecule has 3 heterocycles. The summed E-state index contributed by atoms with van der Waals surface area (Å²) in [5.74, 6) is 1.10. The Kier molecular flexibility index (Phi) is 4.75. The molecule has 0 amide bonds. The van der Waals surface area contributed by atoms with Gasteiger partial charge in [-0.25, -0.2) is 19.3 Å². The molecule has 8 heteroatoms. The van der Waals surface area contributed by atoms with Gasteiger partial charge in [-0.1, -0.05) is 12.1 Å². The van der Waals surface area contributed by atoms with E-state index in [1.165, 1.54) is 12.4 Å². The van der Waals surface area contributed by atoms with Gasteiger partial charge in [0.1, 0.15) is 29.7 Å². The number of nitriles is 1. The Morgan fingerprint density at radius 2 is 1.82 bits per heavy atom. The van der Waals surface area contributed by atoms with Crippen LogP contribution in [0.1, 0.15) is 24.1 Å². The number of likely N-dealkylation sites (tertiary alicyclic amines) is 1. The lowest BCUT2D eigenvalue weighted by Crippen LogP contribution is -2.37. The zero-order valence-corrected chi connectivity index (χ0v) is 15.5. The van der Waals surface area contributed by atoms with Crippen LogP contribution in [-0.2, 0) is 5.67 Å². The Morgan fingerprint density at radius 3 is 2.46 bits per heavy atom. The number of anilines is 2. The maximum absolute atomic E-state index is 15.2. The first kappa shape index (κ1) is 18.1. The summed E-state index contributed by atoms with van der Waals surface area (Å²) in [5.41, 5.74) is 0.634. The maximum atomic E-state index is 15.2. The lowest BCUT2D eigenvalue weighted by Gasteiger charge is -2.34. The molecule has 1 saturated heterocycles. The summed E-state index contributed by atoms with van der Waals surface area (Å²) >= 11 is 0. The Morgan fingerprint density at radius 1 is 1.07 bits per heavy atom. The summed E-state index contributed by atoms with van der Waals surface area (Å²) in [6.45, 7) is 1.54. The molecule has 0 unspecified atom stereocenters. The fourth-order valence-corrected chi connectivity index (χ4v) is 3.30. The van der Waals surface area contributed by atoms with Gasteiger partial charge in [0.15, 0.2) is 5.69 Å². The number of benzene rings is 1. The molecule has 142 valence electrons. The molecule has 0 saturated carbocycles. The molecular weight excluding hydrogens is 357 g/mol. The highest BCUT2D eigenvalue weighted by atomic mass is 19.1. The van der Waals surface area contributed by atoms with Crippen LogP contribution in [0.5, 0.6) is 0 Å². The van der Waals surface area contributed by atoms with Gasteiger partial charge in [0.05, 0.1) is 18.6 Å². The number of piperidine rings is 1. The molecule has 0 bridgehead atoms. The summed E-state index contributed by atoms with van der Waals surface area (Å²) in [5, 5.41) is 11.8. The molecule has 28 heavy (non-hydrogen) atoms. The molecule has 2 aromatic heterocycles. The third-order valence-corrected chi connectivity index (χ3v) is 5.07. The van der Waals surface area contributed by atoms with E-state index in [9.17, 15) is 0 Å². The number of hydrogen-bond donors (Lipinski definition) is 1. The second-order valence-electron chi connectivity index (χ2n) is 7.01. The lowest BCUT2D eigenvalue weighted by atomic mass is 9.86. The molecule has 1 aliphatic rings. The molecule has 0 aliphatic carbocycles. The van der Waals surface area contributed by atoms with Crippen molar-refractivity contribution < 1.29 is 4.39 Å². The predicted octanol–water partition coefficient (Wildman–Crippen LogP) is 3.17. The van der Waals surface area contributed by atoms with Crippen LogP contribution in [0.2, 0.25) is 0 Å². The number of halogens is 1. The number of nitrogens with one attached hydrogen (secondary N) is 1. The molecule has 1 fully saturated rings. The highest BCUT2D eigenvalue weighted by Gasteiger charge is 2.35. The van der Waals surface area contributed by atoms with E-state index < -0.39 is 5.67 Å². The van der Waals surface area contributed by atoms with Crippen LogP contribution in [0, 0.1) is 11.3 Å². The van der Waals surface area contributed by atoms with Crippen LogP contribution in [-0.4, -0.2) is 44.6 Å². The van der Waals surface area contributed by atoms with Crippen molar-refractivity contribution in [3.63, 3.8) is 0 Å². The van der Waals surface area contributed by atoms with Crippen LogP contribution in [0.25, 0.3) is 5.69 Å². The van der Waals surface area contributed by atoms with E-state index in [4.69, 9.17) is 5.26 Å². The number of alkyl halides is 1. The Balaban J connectivity index is 1.47. The topological polar surface area (TPSA) is 82.7 Å². The monoisotopic (exact) mass is 377 g/mol. The summed E-state index contributed by atoms with van der Waals surface area (Å²) < 4.78 is 17.1. The van der Waals surface area contributed by atoms with Crippen molar-refractivity contribution in [1.29, 1.82) is 5.26 Å². The van der Waals surface area contributed by atoms with Crippen LogP contribution in [0.3, 0.4) is 0 Å². The molecule has 1 N–H and O–H groups in total. The van der Waals surface area contributed by atoms with Crippen LogP contribution < -0.4 is 5.32 Å². The Hall–Kier alpha value is -3.31. The highest BCUT2D eigenvalue weighted by Crippen LogP contribution is 2.36. The molecule has 0 atom stereocenters. The third kappa shape index (κ3) is 3.70. The van der Waals surface area contributed by atoms with Crippen LogP contribution >= 0.6 is 0 Å². The van der Waals surface area contributed by atoms with Crippen molar-refractivity contribution in [2.45, 2.75) is 18.5 Å². The van der Waals surface area contributed by atoms with Gasteiger partial charge in [0.2, 0.25) is 0 Å². The molecule has 1 aliphatic heterocycles. The van der Waals surface area contributed by atoms with Crippen molar-refractivity contribution >= 4 is 11.6 Å². The standard InChI is InChI=1S/C20H20FN7/c1-27-8-6-20(21,7-9-27)15-2-4-17(5-3-15)28-13-19(25-14-28)26-18-12-23-16(10-22)11-24-18/h2-5,11-14H,6-9H2,1H3,(H,24,26). The first-order chi connectivity index (χ1) is 13.6. The summed E-state index contributed by atoms with van der Waals surface area (Å²) in [4.78, 5) is 14.5. The normalized spacial score (nSPS) is 16.5. The maximum Gasteiger partial charge on any atom is 0.158 e. The second-order valence-corrected chi connectivity index (χ2v) is 7.01. The second kappa shape index (κ2) is 7.37. The summed E-state index contributed by atoms with van der Waals surface area (Å²) in [6, 6.07) is 9.46. The van der Waals surface area contributed by atoms with E-state index in [0.29, 0.717) is 24.5 Å². The molecule has 3 aromatic rings. The lowest BCUT2D eigenvalue weighted by molar-refractivity contribution is 0.0674. The smallest absolute Gasteiger partial charge is 0.158 e. The number of aromatic nitrogens is 4. The van der Waals surface area contributed by atoms with Gasteiger partial charge >= 0.3 is 0 Å². The van der Waals surface area contributed by atoms with Crippen molar-refractivity contribution in [3.8, 4) is 11.8 Å². The van der Waals surface area contributed by atoms with E-state index >= 15 is 4.39 Å². The van der Waals surface area contributed by atoms with Crippen molar-refractivity contribution in [2.24, 2.45) is 0 Å².